The van der Waals surface area contributed by atoms with Gasteiger partial charge in [-0.2, -0.15) is 0 Å². The molecule has 1 rings (SSSR count). The molecule has 0 amide bonds. The zero-order valence-corrected chi connectivity index (χ0v) is 9.67. The van der Waals surface area contributed by atoms with Crippen molar-refractivity contribution in [3.05, 3.63) is 24.3 Å². The summed E-state index contributed by atoms with van der Waals surface area (Å²) in [6.45, 7) is 7.64. The molecule has 0 aromatic carbocycles. The highest BCUT2D eigenvalue weighted by Gasteiger charge is 2.50. The lowest BCUT2D eigenvalue weighted by molar-refractivity contribution is -0.170. The van der Waals surface area contributed by atoms with E-state index >= 15 is 0 Å². The van der Waals surface area contributed by atoms with E-state index in [1.54, 1.807) is 0 Å². The van der Waals surface area contributed by atoms with Gasteiger partial charge >= 0.3 is 11.9 Å². The van der Waals surface area contributed by atoms with Gasteiger partial charge in [-0.15, -0.1) is 0 Å². The lowest BCUT2D eigenvalue weighted by Gasteiger charge is -2.33. The fourth-order valence-electron chi connectivity index (χ4n) is 1.94. The molecular weight excluding hydrogens is 208 g/mol. The Bertz CT molecular complexity index is 338. The normalized spacial score (nSPS) is 19.1. The van der Waals surface area contributed by atoms with E-state index in [1.807, 2.05) is 0 Å². The minimum Gasteiger partial charge on any atom is -0.468 e. The number of hydrogen-bond donors (Lipinski definition) is 0. The predicted octanol–water partition coefficient (Wildman–Crippen LogP) is 1.62. The van der Waals surface area contributed by atoms with Crippen LogP contribution in [-0.2, 0) is 19.1 Å². The van der Waals surface area contributed by atoms with Crippen LogP contribution in [0.2, 0.25) is 0 Å². The van der Waals surface area contributed by atoms with Crippen LogP contribution in [-0.4, -0.2) is 26.2 Å². The zero-order chi connectivity index (χ0) is 12.3. The summed E-state index contributed by atoms with van der Waals surface area (Å²) in [5.74, 6) is -1.12. The van der Waals surface area contributed by atoms with Gasteiger partial charge in [-0.05, 0) is 19.3 Å². The topological polar surface area (TPSA) is 52.6 Å². The smallest absolute Gasteiger partial charge is 0.323 e. The van der Waals surface area contributed by atoms with Gasteiger partial charge < -0.3 is 9.47 Å². The summed E-state index contributed by atoms with van der Waals surface area (Å²) in [5, 5.41) is 0. The van der Waals surface area contributed by atoms with Crippen molar-refractivity contribution in [1.29, 1.82) is 0 Å². The van der Waals surface area contributed by atoms with E-state index < -0.39 is 17.4 Å². The molecule has 0 unspecified atom stereocenters. The number of carbonyl (C=O) groups is 2. The molecule has 16 heavy (non-hydrogen) atoms. The average molecular weight is 224 g/mol. The molecule has 0 heterocycles. The molecule has 0 aliphatic heterocycles. The van der Waals surface area contributed by atoms with E-state index in [1.165, 1.54) is 14.2 Å². The molecule has 4 nitrogen and oxygen atoms in total. The van der Waals surface area contributed by atoms with Gasteiger partial charge in [0.15, 0.2) is 5.41 Å². The summed E-state index contributed by atoms with van der Waals surface area (Å²) in [6.07, 6.45) is 1.15. The van der Waals surface area contributed by atoms with Crippen molar-refractivity contribution in [3.8, 4) is 0 Å². The second kappa shape index (κ2) is 4.51. The molecule has 88 valence electrons. The van der Waals surface area contributed by atoms with Gasteiger partial charge in [0.2, 0.25) is 0 Å². The maximum absolute atomic E-state index is 11.7. The molecule has 0 radical (unpaired) electrons. The highest BCUT2D eigenvalue weighted by Crippen LogP contribution is 2.42. The Morgan fingerprint density at radius 2 is 1.62 bits per heavy atom. The number of hydrogen-bond acceptors (Lipinski definition) is 4. The molecule has 1 aliphatic rings. The number of carbonyl (C=O) groups excluding carboxylic acids is 2. The molecule has 0 aromatic heterocycles. The van der Waals surface area contributed by atoms with E-state index in [4.69, 9.17) is 0 Å². The van der Waals surface area contributed by atoms with Crippen molar-refractivity contribution in [2.24, 2.45) is 5.41 Å². The molecular formula is C12H16O4. The largest absolute Gasteiger partial charge is 0.468 e. The van der Waals surface area contributed by atoms with Crippen molar-refractivity contribution >= 4 is 11.9 Å². The molecule has 1 fully saturated rings. The maximum Gasteiger partial charge on any atom is 0.323 e. The second-order valence-electron chi connectivity index (χ2n) is 3.95. The minimum atomic E-state index is -1.23. The van der Waals surface area contributed by atoms with Crippen molar-refractivity contribution in [1.82, 2.24) is 0 Å². The minimum absolute atomic E-state index is 0.227. The highest BCUT2D eigenvalue weighted by atomic mass is 16.5. The van der Waals surface area contributed by atoms with Crippen LogP contribution >= 0.6 is 0 Å². The number of rotatable bonds is 2. The van der Waals surface area contributed by atoms with Gasteiger partial charge in [-0.25, -0.2) is 0 Å². The molecule has 1 aliphatic carbocycles. The molecule has 0 atom stereocenters. The van der Waals surface area contributed by atoms with Crippen LogP contribution in [0.5, 0.6) is 0 Å². The molecule has 0 aromatic rings. The van der Waals surface area contributed by atoms with Gasteiger partial charge in [0.1, 0.15) is 0 Å². The lowest BCUT2D eigenvalue weighted by atomic mass is 9.71. The van der Waals surface area contributed by atoms with Gasteiger partial charge in [-0.1, -0.05) is 24.3 Å². The van der Waals surface area contributed by atoms with E-state index in [9.17, 15) is 9.59 Å². The summed E-state index contributed by atoms with van der Waals surface area (Å²) in [6, 6.07) is 0. The quantitative estimate of drug-likeness (QED) is 0.528. The fraction of sp³-hybridized carbons (Fsp3) is 0.500. The maximum atomic E-state index is 11.7. The first-order chi connectivity index (χ1) is 7.47. The van der Waals surface area contributed by atoms with Crippen molar-refractivity contribution < 1.29 is 19.1 Å². The van der Waals surface area contributed by atoms with Crippen LogP contribution in [0.15, 0.2) is 24.3 Å². The lowest BCUT2D eigenvalue weighted by Crippen LogP contribution is -2.43. The summed E-state index contributed by atoms with van der Waals surface area (Å²) in [7, 11) is 2.53. The number of ether oxygens (including phenoxy) is 2. The van der Waals surface area contributed by atoms with Crippen LogP contribution in [0.4, 0.5) is 0 Å². The molecule has 0 N–H and O–H groups in total. The van der Waals surface area contributed by atoms with Crippen molar-refractivity contribution in [2.75, 3.05) is 14.2 Å². The van der Waals surface area contributed by atoms with Gasteiger partial charge in [0.05, 0.1) is 14.2 Å². The Morgan fingerprint density at radius 3 is 2.00 bits per heavy atom. The van der Waals surface area contributed by atoms with Crippen LogP contribution in [0.3, 0.4) is 0 Å². The molecule has 0 spiro atoms. The average Bonchev–Trinajstić information content (AvgIpc) is 2.30. The summed E-state index contributed by atoms with van der Waals surface area (Å²) < 4.78 is 9.38. The predicted molar refractivity (Wildman–Crippen MR) is 58.6 cm³/mol. The molecule has 0 bridgehead atoms. The second-order valence-corrected chi connectivity index (χ2v) is 3.95. The first-order valence-electron chi connectivity index (χ1n) is 5.00. The molecule has 1 saturated carbocycles. The molecule has 4 heteroatoms. The Morgan fingerprint density at radius 1 is 1.12 bits per heavy atom. The summed E-state index contributed by atoms with van der Waals surface area (Å²) >= 11 is 0. The zero-order valence-electron chi connectivity index (χ0n) is 9.67. The number of methoxy groups -OCH3 is 2. The van der Waals surface area contributed by atoms with Crippen molar-refractivity contribution in [2.45, 2.75) is 19.3 Å². The summed E-state index contributed by atoms with van der Waals surface area (Å²) in [4.78, 5) is 23.5. The standard InChI is InChI=1S/C12H16O4/c1-8-5-6-12(7-9(8)2,10(13)15-3)11(14)16-4/h1-2,5-7H2,3-4H3. The van der Waals surface area contributed by atoms with Gasteiger partial charge in [0, 0.05) is 0 Å². The third-order valence-electron chi connectivity index (χ3n) is 3.02. The Labute approximate surface area is 94.9 Å². The van der Waals surface area contributed by atoms with Crippen LogP contribution in [0, 0.1) is 5.41 Å². The monoisotopic (exact) mass is 224 g/mol. The van der Waals surface area contributed by atoms with Gasteiger partial charge in [-0.3, -0.25) is 9.59 Å². The first kappa shape index (κ1) is 12.5. The highest BCUT2D eigenvalue weighted by molar-refractivity contribution is 6.00. The van der Waals surface area contributed by atoms with Gasteiger partial charge in [0.25, 0.3) is 0 Å². The number of allylic oxidation sites excluding steroid dienone is 2. The van der Waals surface area contributed by atoms with E-state index in [2.05, 4.69) is 22.6 Å². The Balaban J connectivity index is 3.06. The van der Waals surface area contributed by atoms with Crippen LogP contribution in [0.1, 0.15) is 19.3 Å². The Kier molecular flexibility index (Phi) is 3.52. The summed E-state index contributed by atoms with van der Waals surface area (Å²) in [5.41, 5.74) is 0.354. The van der Waals surface area contributed by atoms with Crippen LogP contribution < -0.4 is 0 Å². The fourth-order valence-corrected chi connectivity index (χ4v) is 1.94. The van der Waals surface area contributed by atoms with E-state index in [0.29, 0.717) is 18.4 Å². The van der Waals surface area contributed by atoms with Crippen molar-refractivity contribution in [3.63, 3.8) is 0 Å². The van der Waals surface area contributed by atoms with E-state index in [-0.39, 0.29) is 6.42 Å². The third-order valence-corrected chi connectivity index (χ3v) is 3.02. The van der Waals surface area contributed by atoms with Crippen LogP contribution in [0.25, 0.3) is 0 Å². The Hall–Kier alpha value is -1.58. The first-order valence-corrected chi connectivity index (χ1v) is 5.00. The molecule has 0 saturated heterocycles. The SMILES string of the molecule is C=C1CCC(C(=O)OC)(C(=O)OC)CC1=C. The van der Waals surface area contributed by atoms with E-state index in [0.717, 1.165) is 5.57 Å². The number of esters is 2. The third kappa shape index (κ3) is 1.87.